The molecule has 0 aliphatic carbocycles. The first-order chi connectivity index (χ1) is 14.2. The lowest BCUT2D eigenvalue weighted by molar-refractivity contribution is 0.0948. The van der Waals surface area contributed by atoms with E-state index < -0.39 is 0 Å². The van der Waals surface area contributed by atoms with Gasteiger partial charge in [0.2, 0.25) is 5.89 Å². The quantitative estimate of drug-likeness (QED) is 0.471. The summed E-state index contributed by atoms with van der Waals surface area (Å²) in [6.07, 6.45) is 5.22. The van der Waals surface area contributed by atoms with Gasteiger partial charge in [-0.25, -0.2) is 9.67 Å². The van der Waals surface area contributed by atoms with Gasteiger partial charge in [-0.05, 0) is 35.9 Å². The lowest BCUT2D eigenvalue weighted by atomic mass is 10.2. The van der Waals surface area contributed by atoms with Crippen LogP contribution in [0.15, 0.2) is 70.5 Å². The zero-order chi connectivity index (χ0) is 20.1. The van der Waals surface area contributed by atoms with Crippen molar-refractivity contribution in [1.82, 2.24) is 30.2 Å². The number of amides is 1. The number of thioether (sulfide) groups is 1. The van der Waals surface area contributed by atoms with Crippen LogP contribution < -0.4 is 5.32 Å². The SMILES string of the molecule is Cc1nc(CSc2ccccc2C(=O)NCc2ccnc(-n3cccn3)c2)no1. The van der Waals surface area contributed by atoms with Crippen LogP contribution in [0.2, 0.25) is 0 Å². The van der Waals surface area contributed by atoms with Crippen LogP contribution in [0.1, 0.15) is 27.6 Å². The highest BCUT2D eigenvalue weighted by Crippen LogP contribution is 2.25. The molecule has 0 atom stereocenters. The van der Waals surface area contributed by atoms with E-state index in [0.29, 0.717) is 35.4 Å². The minimum Gasteiger partial charge on any atom is -0.348 e. The largest absolute Gasteiger partial charge is 0.348 e. The van der Waals surface area contributed by atoms with Crippen molar-refractivity contribution in [3.8, 4) is 5.82 Å². The summed E-state index contributed by atoms with van der Waals surface area (Å²) in [5, 5.41) is 11.0. The van der Waals surface area contributed by atoms with Crippen molar-refractivity contribution in [3.05, 3.63) is 83.9 Å². The zero-order valence-corrected chi connectivity index (χ0v) is 16.5. The molecule has 146 valence electrons. The molecule has 0 aliphatic heterocycles. The number of pyridine rings is 1. The standard InChI is InChI=1S/C20H18N6O2S/c1-14-24-18(25-28-14)13-29-17-6-3-2-5-16(17)20(27)22-12-15-7-9-21-19(11-15)26-10-4-8-23-26/h2-11H,12-13H2,1H3,(H,22,27). The Hall–Kier alpha value is -3.46. The average molecular weight is 406 g/mol. The van der Waals surface area contributed by atoms with Crippen LogP contribution in [-0.2, 0) is 12.3 Å². The van der Waals surface area contributed by atoms with E-state index in [1.807, 2.05) is 42.6 Å². The summed E-state index contributed by atoms with van der Waals surface area (Å²) in [6.45, 7) is 2.14. The summed E-state index contributed by atoms with van der Waals surface area (Å²) < 4.78 is 6.67. The molecular weight excluding hydrogens is 388 g/mol. The molecular formula is C20H18N6O2S. The molecule has 0 bridgehead atoms. The molecule has 0 saturated carbocycles. The Labute approximate surface area is 171 Å². The number of nitrogens with zero attached hydrogens (tertiary/aromatic N) is 5. The van der Waals surface area contributed by atoms with Crippen molar-refractivity contribution in [3.63, 3.8) is 0 Å². The van der Waals surface area contributed by atoms with Crippen molar-refractivity contribution in [2.75, 3.05) is 0 Å². The van der Waals surface area contributed by atoms with Gasteiger partial charge in [0.1, 0.15) is 0 Å². The summed E-state index contributed by atoms with van der Waals surface area (Å²) in [5.41, 5.74) is 1.55. The number of aryl methyl sites for hydroxylation is 1. The van der Waals surface area contributed by atoms with Gasteiger partial charge in [-0.2, -0.15) is 10.1 Å². The number of nitrogens with one attached hydrogen (secondary N) is 1. The molecule has 1 amide bonds. The Morgan fingerprint density at radius 3 is 2.90 bits per heavy atom. The number of hydrogen-bond acceptors (Lipinski definition) is 7. The highest BCUT2D eigenvalue weighted by atomic mass is 32.2. The van der Waals surface area contributed by atoms with Crippen LogP contribution in [0.5, 0.6) is 0 Å². The van der Waals surface area contributed by atoms with E-state index >= 15 is 0 Å². The van der Waals surface area contributed by atoms with E-state index in [1.165, 1.54) is 11.8 Å². The second kappa shape index (κ2) is 8.70. The second-order valence-corrected chi connectivity index (χ2v) is 7.19. The highest BCUT2D eigenvalue weighted by Gasteiger charge is 2.13. The number of benzene rings is 1. The molecule has 0 spiro atoms. The van der Waals surface area contributed by atoms with Crippen LogP contribution in [0.4, 0.5) is 0 Å². The molecule has 3 heterocycles. The smallest absolute Gasteiger partial charge is 0.252 e. The molecule has 4 rings (SSSR count). The van der Waals surface area contributed by atoms with E-state index in [0.717, 1.165) is 10.5 Å². The summed E-state index contributed by atoms with van der Waals surface area (Å²) in [7, 11) is 0. The summed E-state index contributed by atoms with van der Waals surface area (Å²) in [4.78, 5) is 22.1. The van der Waals surface area contributed by atoms with E-state index in [1.54, 1.807) is 30.1 Å². The van der Waals surface area contributed by atoms with Gasteiger partial charge in [0.15, 0.2) is 11.6 Å². The molecule has 0 unspecified atom stereocenters. The molecule has 0 fully saturated rings. The third kappa shape index (κ3) is 4.69. The third-order valence-electron chi connectivity index (χ3n) is 4.06. The maximum atomic E-state index is 12.8. The Bertz CT molecular complexity index is 1110. The van der Waals surface area contributed by atoms with Crippen molar-refractivity contribution in [2.24, 2.45) is 0 Å². The lowest BCUT2D eigenvalue weighted by Gasteiger charge is -2.10. The molecule has 1 aromatic carbocycles. The van der Waals surface area contributed by atoms with E-state index in [4.69, 9.17) is 4.52 Å². The number of rotatable bonds is 7. The monoisotopic (exact) mass is 406 g/mol. The maximum Gasteiger partial charge on any atom is 0.252 e. The van der Waals surface area contributed by atoms with Crippen LogP contribution in [0.25, 0.3) is 5.82 Å². The first-order valence-electron chi connectivity index (χ1n) is 8.93. The van der Waals surface area contributed by atoms with E-state index in [2.05, 4.69) is 25.5 Å². The molecule has 8 nitrogen and oxygen atoms in total. The summed E-state index contributed by atoms with van der Waals surface area (Å²) in [5.74, 6) is 2.21. The minimum absolute atomic E-state index is 0.144. The maximum absolute atomic E-state index is 12.8. The predicted molar refractivity (Wildman–Crippen MR) is 108 cm³/mol. The van der Waals surface area contributed by atoms with Crippen molar-refractivity contribution in [2.45, 2.75) is 24.1 Å². The van der Waals surface area contributed by atoms with Gasteiger partial charge >= 0.3 is 0 Å². The van der Waals surface area contributed by atoms with Crippen LogP contribution in [0.3, 0.4) is 0 Å². The van der Waals surface area contributed by atoms with Crippen LogP contribution >= 0.6 is 11.8 Å². The van der Waals surface area contributed by atoms with Gasteiger partial charge in [-0.15, -0.1) is 11.8 Å². The molecule has 0 radical (unpaired) electrons. The fourth-order valence-electron chi connectivity index (χ4n) is 2.70. The third-order valence-corrected chi connectivity index (χ3v) is 5.13. The van der Waals surface area contributed by atoms with Crippen LogP contribution in [0, 0.1) is 6.92 Å². The molecule has 0 saturated heterocycles. The fourth-order valence-corrected chi connectivity index (χ4v) is 3.59. The fraction of sp³-hybridized carbons (Fsp3) is 0.150. The lowest BCUT2D eigenvalue weighted by Crippen LogP contribution is -2.23. The van der Waals surface area contributed by atoms with E-state index in [9.17, 15) is 4.79 Å². The van der Waals surface area contributed by atoms with Crippen molar-refractivity contribution in [1.29, 1.82) is 0 Å². The topological polar surface area (TPSA) is 98.7 Å². The number of carbonyl (C=O) groups excluding carboxylic acids is 1. The van der Waals surface area contributed by atoms with E-state index in [-0.39, 0.29) is 5.91 Å². The Morgan fingerprint density at radius 2 is 2.10 bits per heavy atom. The number of hydrogen-bond donors (Lipinski definition) is 1. The predicted octanol–water partition coefficient (Wildman–Crippen LogP) is 3.18. The Balaban J connectivity index is 1.42. The van der Waals surface area contributed by atoms with Gasteiger partial charge < -0.3 is 9.84 Å². The van der Waals surface area contributed by atoms with Crippen LogP contribution in [-0.4, -0.2) is 30.8 Å². The molecule has 1 N–H and O–H groups in total. The van der Waals surface area contributed by atoms with Gasteiger partial charge in [-0.3, -0.25) is 4.79 Å². The minimum atomic E-state index is -0.144. The molecule has 3 aromatic heterocycles. The normalized spacial score (nSPS) is 10.8. The zero-order valence-electron chi connectivity index (χ0n) is 15.6. The van der Waals surface area contributed by atoms with Gasteiger partial charge in [0.25, 0.3) is 5.91 Å². The van der Waals surface area contributed by atoms with Crippen molar-refractivity contribution >= 4 is 17.7 Å². The molecule has 0 aliphatic rings. The highest BCUT2D eigenvalue weighted by molar-refractivity contribution is 7.98. The number of aromatic nitrogens is 5. The van der Waals surface area contributed by atoms with Gasteiger partial charge in [-0.1, -0.05) is 17.3 Å². The Kier molecular flexibility index (Phi) is 5.66. The summed E-state index contributed by atoms with van der Waals surface area (Å²) in [6, 6.07) is 13.1. The average Bonchev–Trinajstić information content (AvgIpc) is 3.43. The van der Waals surface area contributed by atoms with Gasteiger partial charge in [0, 0.05) is 37.0 Å². The number of carbonyl (C=O) groups is 1. The molecule has 29 heavy (non-hydrogen) atoms. The van der Waals surface area contributed by atoms with Crippen molar-refractivity contribution < 1.29 is 9.32 Å². The van der Waals surface area contributed by atoms with Gasteiger partial charge in [0.05, 0.1) is 11.3 Å². The first kappa shape index (κ1) is 18.9. The second-order valence-electron chi connectivity index (χ2n) is 6.17. The molecule has 4 aromatic rings. The Morgan fingerprint density at radius 1 is 1.21 bits per heavy atom. The summed E-state index contributed by atoms with van der Waals surface area (Å²) >= 11 is 1.50. The molecule has 9 heteroatoms. The first-order valence-corrected chi connectivity index (χ1v) is 9.92.